The maximum Gasteiger partial charge on any atom is 0.260 e. The number of rotatable bonds is 3. The van der Waals surface area contributed by atoms with Crippen molar-refractivity contribution in [2.45, 2.75) is 19.4 Å². The van der Waals surface area contributed by atoms with E-state index in [1.165, 1.54) is 0 Å². The Labute approximate surface area is 130 Å². The molecule has 2 aliphatic heterocycles. The van der Waals surface area contributed by atoms with Crippen LogP contribution in [0.25, 0.3) is 0 Å². The van der Waals surface area contributed by atoms with Crippen LogP contribution in [0.4, 0.5) is 0 Å². The lowest BCUT2D eigenvalue weighted by molar-refractivity contribution is -0.137. The van der Waals surface area contributed by atoms with Gasteiger partial charge in [-0.3, -0.25) is 4.79 Å². The van der Waals surface area contributed by atoms with Gasteiger partial charge >= 0.3 is 0 Å². The number of nitrogens with one attached hydrogen (secondary N) is 1. The first-order chi connectivity index (χ1) is 9.98. The summed E-state index contributed by atoms with van der Waals surface area (Å²) in [5.41, 5.74) is -0.108. The topological polar surface area (TPSA) is 41.6 Å². The number of amides is 1. The van der Waals surface area contributed by atoms with E-state index in [2.05, 4.69) is 19.2 Å². The van der Waals surface area contributed by atoms with Gasteiger partial charge in [0.2, 0.25) is 0 Å². The third-order valence-electron chi connectivity index (χ3n) is 4.82. The average Bonchev–Trinajstić information content (AvgIpc) is 2.99. The van der Waals surface area contributed by atoms with Crippen molar-refractivity contribution < 1.29 is 9.53 Å². The van der Waals surface area contributed by atoms with E-state index >= 15 is 0 Å². The molecule has 114 valence electrons. The van der Waals surface area contributed by atoms with Crippen LogP contribution in [0.15, 0.2) is 24.3 Å². The minimum atomic E-state index is -0.108. The van der Waals surface area contributed by atoms with Gasteiger partial charge in [-0.2, -0.15) is 0 Å². The number of hydrogen-bond donors (Lipinski definition) is 1. The van der Waals surface area contributed by atoms with Crippen molar-refractivity contribution in [3.8, 4) is 5.75 Å². The van der Waals surface area contributed by atoms with Crippen molar-refractivity contribution in [2.75, 3.05) is 26.2 Å². The largest absolute Gasteiger partial charge is 0.484 e. The molecular formula is C16H21ClN2O2. The lowest BCUT2D eigenvalue weighted by Gasteiger charge is -2.35. The van der Waals surface area contributed by atoms with Crippen molar-refractivity contribution in [3.05, 3.63) is 29.3 Å². The van der Waals surface area contributed by atoms with Gasteiger partial charge < -0.3 is 15.0 Å². The third kappa shape index (κ3) is 2.74. The van der Waals surface area contributed by atoms with E-state index in [4.69, 9.17) is 16.3 Å². The van der Waals surface area contributed by atoms with Crippen molar-refractivity contribution in [3.63, 3.8) is 0 Å². The Morgan fingerprint density at radius 3 is 3.00 bits per heavy atom. The second-order valence-corrected chi connectivity index (χ2v) is 6.87. The van der Waals surface area contributed by atoms with Crippen LogP contribution >= 0.6 is 11.6 Å². The lowest BCUT2D eigenvalue weighted by Crippen LogP contribution is -2.49. The van der Waals surface area contributed by atoms with Crippen LogP contribution in [-0.2, 0) is 4.79 Å². The van der Waals surface area contributed by atoms with E-state index in [0.29, 0.717) is 22.6 Å². The van der Waals surface area contributed by atoms with Gasteiger partial charge in [-0.1, -0.05) is 17.7 Å². The highest BCUT2D eigenvalue weighted by molar-refractivity contribution is 6.30. The van der Waals surface area contributed by atoms with Gasteiger partial charge in [0.05, 0.1) is 0 Å². The Balaban J connectivity index is 1.63. The first kappa shape index (κ1) is 14.7. The average molecular weight is 309 g/mol. The van der Waals surface area contributed by atoms with Crippen LogP contribution in [0, 0.1) is 11.8 Å². The molecule has 2 saturated heterocycles. The van der Waals surface area contributed by atoms with Gasteiger partial charge in [-0.15, -0.1) is 0 Å². The molecule has 0 aliphatic carbocycles. The summed E-state index contributed by atoms with van der Waals surface area (Å²) < 4.78 is 5.59. The fourth-order valence-electron chi connectivity index (χ4n) is 3.62. The molecule has 1 amide bonds. The molecule has 0 spiro atoms. The zero-order valence-corrected chi connectivity index (χ0v) is 13.2. The van der Waals surface area contributed by atoms with Crippen molar-refractivity contribution in [1.82, 2.24) is 10.2 Å². The molecular weight excluding hydrogens is 288 g/mol. The summed E-state index contributed by atoms with van der Waals surface area (Å²) in [6.45, 7) is 7.20. The molecule has 4 nitrogen and oxygen atoms in total. The Bertz CT molecular complexity index is 547. The molecule has 2 aliphatic rings. The Hall–Kier alpha value is -1.26. The standard InChI is InChI=1S/C16H21ClN2O2/c1-16(2)14-8-18-7-11(14)9-19(16)15(20)10-21-13-5-3-4-12(17)6-13/h3-6,11,14,18H,7-10H2,1-2H3. The number of fused-ring (bicyclic) bond motifs is 1. The minimum Gasteiger partial charge on any atom is -0.484 e. The normalized spacial score (nSPS) is 26.7. The highest BCUT2D eigenvalue weighted by Gasteiger charge is 2.51. The van der Waals surface area contributed by atoms with E-state index in [-0.39, 0.29) is 18.1 Å². The second kappa shape index (κ2) is 5.50. The number of hydrogen-bond acceptors (Lipinski definition) is 3. The molecule has 21 heavy (non-hydrogen) atoms. The number of nitrogens with zero attached hydrogens (tertiary/aromatic N) is 1. The van der Waals surface area contributed by atoms with E-state index in [9.17, 15) is 4.79 Å². The van der Waals surface area contributed by atoms with Gasteiger partial charge in [0.1, 0.15) is 5.75 Å². The van der Waals surface area contributed by atoms with E-state index in [0.717, 1.165) is 19.6 Å². The van der Waals surface area contributed by atoms with Gasteiger partial charge in [-0.25, -0.2) is 0 Å². The van der Waals surface area contributed by atoms with E-state index in [1.807, 2.05) is 17.0 Å². The molecule has 5 heteroatoms. The maximum absolute atomic E-state index is 12.5. The van der Waals surface area contributed by atoms with Gasteiger partial charge in [0.15, 0.2) is 6.61 Å². The molecule has 0 bridgehead atoms. The van der Waals surface area contributed by atoms with E-state index < -0.39 is 0 Å². The zero-order valence-electron chi connectivity index (χ0n) is 12.4. The third-order valence-corrected chi connectivity index (χ3v) is 5.05. The lowest BCUT2D eigenvalue weighted by atomic mass is 9.85. The molecule has 0 aromatic heterocycles. The Morgan fingerprint density at radius 2 is 2.29 bits per heavy atom. The quantitative estimate of drug-likeness (QED) is 0.930. The smallest absolute Gasteiger partial charge is 0.260 e. The minimum absolute atomic E-state index is 0.0503. The van der Waals surface area contributed by atoms with Gasteiger partial charge in [0, 0.05) is 30.2 Å². The first-order valence-corrected chi connectivity index (χ1v) is 7.76. The van der Waals surface area contributed by atoms with Crippen LogP contribution in [0.3, 0.4) is 0 Å². The molecule has 1 aromatic carbocycles. The number of ether oxygens (including phenoxy) is 1. The molecule has 1 N–H and O–H groups in total. The first-order valence-electron chi connectivity index (χ1n) is 7.38. The highest BCUT2D eigenvalue weighted by atomic mass is 35.5. The molecule has 2 atom stereocenters. The summed E-state index contributed by atoms with van der Waals surface area (Å²) in [7, 11) is 0. The summed E-state index contributed by atoms with van der Waals surface area (Å²) in [6.07, 6.45) is 0. The Kier molecular flexibility index (Phi) is 3.84. The monoisotopic (exact) mass is 308 g/mol. The second-order valence-electron chi connectivity index (χ2n) is 6.43. The molecule has 0 radical (unpaired) electrons. The van der Waals surface area contributed by atoms with Gasteiger partial charge in [-0.05, 0) is 43.9 Å². The summed E-state index contributed by atoms with van der Waals surface area (Å²) in [5.74, 6) is 1.78. The summed E-state index contributed by atoms with van der Waals surface area (Å²) in [5, 5.41) is 4.03. The molecule has 2 heterocycles. The molecule has 0 saturated carbocycles. The molecule has 1 aromatic rings. The van der Waals surface area contributed by atoms with Crippen molar-refractivity contribution in [1.29, 1.82) is 0 Å². The zero-order chi connectivity index (χ0) is 15.0. The summed E-state index contributed by atoms with van der Waals surface area (Å²) in [6, 6.07) is 7.14. The SMILES string of the molecule is CC1(C)C2CNCC2CN1C(=O)COc1cccc(Cl)c1. The summed E-state index contributed by atoms with van der Waals surface area (Å²) in [4.78, 5) is 14.5. The molecule has 2 unspecified atom stereocenters. The van der Waals surface area contributed by atoms with Gasteiger partial charge in [0.25, 0.3) is 5.91 Å². The van der Waals surface area contributed by atoms with Crippen LogP contribution in [0.5, 0.6) is 5.75 Å². The fraction of sp³-hybridized carbons (Fsp3) is 0.562. The van der Waals surface area contributed by atoms with Crippen molar-refractivity contribution >= 4 is 17.5 Å². The van der Waals surface area contributed by atoms with E-state index in [1.54, 1.807) is 12.1 Å². The summed E-state index contributed by atoms with van der Waals surface area (Å²) >= 11 is 5.91. The Morgan fingerprint density at radius 1 is 1.48 bits per heavy atom. The highest BCUT2D eigenvalue weighted by Crippen LogP contribution is 2.40. The molecule has 3 rings (SSSR count). The van der Waals surface area contributed by atoms with Crippen LogP contribution < -0.4 is 10.1 Å². The maximum atomic E-state index is 12.5. The predicted octanol–water partition coefficient (Wildman–Crippen LogP) is 2.18. The van der Waals surface area contributed by atoms with Crippen LogP contribution in [0.2, 0.25) is 5.02 Å². The number of benzene rings is 1. The van der Waals surface area contributed by atoms with Crippen LogP contribution in [0.1, 0.15) is 13.8 Å². The number of carbonyl (C=O) groups excluding carboxylic acids is 1. The number of halogens is 1. The van der Waals surface area contributed by atoms with Crippen LogP contribution in [-0.4, -0.2) is 42.6 Å². The molecule has 2 fully saturated rings. The number of carbonyl (C=O) groups is 1. The van der Waals surface area contributed by atoms with Crippen molar-refractivity contribution in [2.24, 2.45) is 11.8 Å². The predicted molar refractivity (Wildman–Crippen MR) is 82.6 cm³/mol. The fourth-order valence-corrected chi connectivity index (χ4v) is 3.80. The number of likely N-dealkylation sites (tertiary alicyclic amines) is 1.